The fourth-order valence-corrected chi connectivity index (χ4v) is 7.78. The Kier molecular flexibility index (Phi) is 13.6. The number of ether oxygens (including phenoxy) is 4. The van der Waals surface area contributed by atoms with E-state index < -0.39 is 74.9 Å². The van der Waals surface area contributed by atoms with Gasteiger partial charge in [0.2, 0.25) is 5.60 Å². The number of fused-ring (bicyclic) bond motifs is 1. The Morgan fingerprint density at radius 1 is 1.11 bits per heavy atom. The molecular weight excluding hydrogens is 766 g/mol. The predicted molar refractivity (Wildman–Crippen MR) is 189 cm³/mol. The number of aromatic nitrogens is 3. The lowest BCUT2D eigenvalue weighted by molar-refractivity contribution is -0.169. The van der Waals surface area contributed by atoms with Crippen molar-refractivity contribution in [2.75, 3.05) is 38.6 Å². The van der Waals surface area contributed by atoms with Gasteiger partial charge in [0.1, 0.15) is 42.4 Å². The van der Waals surface area contributed by atoms with E-state index in [4.69, 9.17) is 33.7 Å². The SMILES string of the molecule is CCC(=O)O[C@@H]1[C@H](c2ccc3c(N)ncnn23)O[C@](C#N)(COP(=O)(NC(C)C(=O)OCC2CCN(CC(F)(F)F)CC2)Oc2ccccc2)[C@H]1OC(=O)CC. The molecule has 1 aromatic carbocycles. The molecule has 304 valence electrons. The molecule has 2 aliphatic heterocycles. The monoisotopic (exact) mass is 809 g/mol. The molecular formula is C35H43F3N7O10P. The Bertz CT molecular complexity index is 1940. The molecule has 2 aliphatic rings. The molecule has 0 bridgehead atoms. The Labute approximate surface area is 320 Å². The number of hydrogen-bond donors (Lipinski definition) is 2. The number of nitrogens with zero attached hydrogens (tertiary/aromatic N) is 5. The number of hydrogen-bond acceptors (Lipinski definition) is 15. The molecule has 2 fully saturated rings. The van der Waals surface area contributed by atoms with E-state index in [1.54, 1.807) is 30.3 Å². The van der Waals surface area contributed by atoms with E-state index in [0.717, 1.165) is 0 Å². The molecule has 0 amide bonds. The van der Waals surface area contributed by atoms with E-state index >= 15 is 0 Å². The average molecular weight is 810 g/mol. The summed E-state index contributed by atoms with van der Waals surface area (Å²) in [6.07, 6.45) is -7.05. The van der Waals surface area contributed by atoms with Gasteiger partial charge in [-0.1, -0.05) is 32.0 Å². The molecule has 2 aromatic heterocycles. The summed E-state index contributed by atoms with van der Waals surface area (Å²) in [7, 11) is -4.68. The first-order valence-electron chi connectivity index (χ1n) is 17.9. The summed E-state index contributed by atoms with van der Waals surface area (Å²) in [4.78, 5) is 44.0. The second-order valence-corrected chi connectivity index (χ2v) is 15.0. The van der Waals surface area contributed by atoms with Crippen LogP contribution in [0.2, 0.25) is 0 Å². The van der Waals surface area contributed by atoms with Gasteiger partial charge in [-0.3, -0.25) is 23.8 Å². The minimum Gasteiger partial charge on any atom is -0.464 e. The molecule has 2 unspecified atom stereocenters. The smallest absolute Gasteiger partial charge is 0.459 e. The van der Waals surface area contributed by atoms with Gasteiger partial charge < -0.3 is 29.2 Å². The van der Waals surface area contributed by atoms with Crippen LogP contribution in [0.5, 0.6) is 5.75 Å². The number of likely N-dealkylation sites (tertiary alicyclic amines) is 1. The maximum atomic E-state index is 14.5. The van der Waals surface area contributed by atoms with Gasteiger partial charge in [0.05, 0.1) is 18.8 Å². The van der Waals surface area contributed by atoms with E-state index in [1.807, 2.05) is 6.07 Å². The van der Waals surface area contributed by atoms with E-state index in [9.17, 15) is 37.4 Å². The number of nitriles is 1. The highest BCUT2D eigenvalue weighted by atomic mass is 31.2. The van der Waals surface area contributed by atoms with Crippen molar-refractivity contribution >= 4 is 37.0 Å². The van der Waals surface area contributed by atoms with Crippen molar-refractivity contribution in [1.29, 1.82) is 5.26 Å². The first-order valence-corrected chi connectivity index (χ1v) is 19.4. The second kappa shape index (κ2) is 18.0. The van der Waals surface area contributed by atoms with Crippen LogP contribution in [0.4, 0.5) is 19.0 Å². The summed E-state index contributed by atoms with van der Waals surface area (Å²) in [6, 6.07) is 11.5. The molecule has 4 heterocycles. The van der Waals surface area contributed by atoms with Gasteiger partial charge >= 0.3 is 31.8 Å². The molecule has 6 atom stereocenters. The van der Waals surface area contributed by atoms with Crippen molar-refractivity contribution in [3.8, 4) is 11.8 Å². The molecule has 0 radical (unpaired) electrons. The predicted octanol–water partition coefficient (Wildman–Crippen LogP) is 4.29. The zero-order valence-corrected chi connectivity index (χ0v) is 31.7. The number of anilines is 1. The first kappa shape index (κ1) is 42.3. The molecule has 21 heteroatoms. The van der Waals surface area contributed by atoms with Crippen LogP contribution in [-0.4, -0.2) is 100 Å². The van der Waals surface area contributed by atoms with E-state index in [2.05, 4.69) is 15.2 Å². The quantitative estimate of drug-likeness (QED) is 0.117. The lowest BCUT2D eigenvalue weighted by Gasteiger charge is -2.32. The van der Waals surface area contributed by atoms with E-state index in [0.29, 0.717) is 18.4 Å². The number of esters is 3. The number of carbonyl (C=O) groups is 3. The van der Waals surface area contributed by atoms with Crippen molar-refractivity contribution in [2.45, 2.75) is 82.6 Å². The molecule has 0 saturated carbocycles. The van der Waals surface area contributed by atoms with Crippen molar-refractivity contribution < 1.29 is 60.1 Å². The third kappa shape index (κ3) is 10.3. The zero-order valence-electron chi connectivity index (χ0n) is 30.8. The minimum absolute atomic E-state index is 0.0476. The zero-order chi connectivity index (χ0) is 40.7. The van der Waals surface area contributed by atoms with Crippen molar-refractivity contribution in [3.05, 3.63) is 54.5 Å². The summed E-state index contributed by atoms with van der Waals surface area (Å²) >= 11 is 0. The summed E-state index contributed by atoms with van der Waals surface area (Å²) < 4.78 is 89.2. The molecule has 5 rings (SSSR count). The van der Waals surface area contributed by atoms with Gasteiger partial charge in [-0.25, -0.2) is 14.1 Å². The molecule has 2 saturated heterocycles. The Morgan fingerprint density at radius 2 is 1.79 bits per heavy atom. The number of nitrogens with one attached hydrogen (secondary N) is 1. The van der Waals surface area contributed by atoms with Crippen LogP contribution >= 0.6 is 7.75 Å². The van der Waals surface area contributed by atoms with E-state index in [-0.39, 0.29) is 55.7 Å². The largest absolute Gasteiger partial charge is 0.464 e. The number of carbonyl (C=O) groups excluding carboxylic acids is 3. The van der Waals surface area contributed by atoms with Crippen LogP contribution in [0.25, 0.3) is 5.52 Å². The fraction of sp³-hybridized carbons (Fsp3) is 0.543. The molecule has 3 aromatic rings. The van der Waals surface area contributed by atoms with Crippen LogP contribution in [0.15, 0.2) is 48.8 Å². The highest BCUT2D eigenvalue weighted by Crippen LogP contribution is 2.50. The summed E-state index contributed by atoms with van der Waals surface area (Å²) in [5.74, 6) is -2.40. The summed E-state index contributed by atoms with van der Waals surface area (Å²) in [5, 5.41) is 17.5. The highest BCUT2D eigenvalue weighted by molar-refractivity contribution is 7.52. The number of nitrogens with two attached hydrogens (primary N) is 1. The summed E-state index contributed by atoms with van der Waals surface area (Å²) in [5.41, 5.74) is 4.33. The maximum Gasteiger partial charge on any atom is 0.459 e. The average Bonchev–Trinajstić information content (AvgIpc) is 3.73. The van der Waals surface area contributed by atoms with Crippen molar-refractivity contribution in [2.24, 2.45) is 5.92 Å². The van der Waals surface area contributed by atoms with Crippen LogP contribution < -0.4 is 15.3 Å². The standard InChI is InChI=1S/C35H43F3N7O10P/c1-4-27(46)52-30-29(25-11-12-26-32(40)41-21-42-45(25)26)54-34(18-39,31(30)53-28(47)5-2)20-51-56(49,55-24-9-7-6-8-10-24)43-22(3)33(48)50-17-23-13-15-44(16-14-23)19-35(36,37)38/h6-12,21-23,29-31H,4-5,13-17,19-20H2,1-3H3,(H,43,49)(H2,40,41,42)/t22?,29-,30+,31-,34+,56?/m0/s1. The number of para-hydroxylation sites is 1. The fourth-order valence-electron chi connectivity index (χ4n) is 6.26. The third-order valence-corrected chi connectivity index (χ3v) is 10.8. The van der Waals surface area contributed by atoms with Crippen molar-refractivity contribution in [3.63, 3.8) is 0 Å². The molecule has 3 N–H and O–H groups in total. The van der Waals surface area contributed by atoms with Gasteiger partial charge in [-0.15, -0.1) is 0 Å². The molecule has 0 spiro atoms. The number of halogens is 3. The maximum absolute atomic E-state index is 14.5. The molecule has 0 aliphatic carbocycles. The van der Waals surface area contributed by atoms with Crippen LogP contribution in [-0.2, 0) is 42.4 Å². The third-order valence-electron chi connectivity index (χ3n) is 9.18. The van der Waals surface area contributed by atoms with Gasteiger partial charge in [0, 0.05) is 12.8 Å². The van der Waals surface area contributed by atoms with Crippen molar-refractivity contribution in [1.82, 2.24) is 24.6 Å². The lowest BCUT2D eigenvalue weighted by Crippen LogP contribution is -2.49. The van der Waals surface area contributed by atoms with Gasteiger partial charge in [-0.2, -0.15) is 28.6 Å². The van der Waals surface area contributed by atoms with Crippen LogP contribution in [0, 0.1) is 17.2 Å². The number of benzene rings is 1. The number of piperidine rings is 1. The first-order chi connectivity index (χ1) is 26.6. The van der Waals surface area contributed by atoms with Crippen LogP contribution in [0.3, 0.4) is 0 Å². The van der Waals surface area contributed by atoms with Crippen LogP contribution in [0.1, 0.15) is 58.3 Å². The Hall–Kier alpha value is -4.80. The normalized spacial score (nSPS) is 23.5. The highest BCUT2D eigenvalue weighted by Gasteiger charge is 2.62. The number of rotatable bonds is 16. The molecule has 56 heavy (non-hydrogen) atoms. The van der Waals surface area contributed by atoms with Gasteiger partial charge in [0.25, 0.3) is 0 Å². The topological polar surface area (TPSA) is 219 Å². The Morgan fingerprint density at radius 3 is 2.43 bits per heavy atom. The second-order valence-electron chi connectivity index (χ2n) is 13.3. The van der Waals surface area contributed by atoms with Gasteiger partial charge in [0.15, 0.2) is 18.0 Å². The number of alkyl halides is 3. The summed E-state index contributed by atoms with van der Waals surface area (Å²) in [6.45, 7) is 2.72. The lowest BCUT2D eigenvalue weighted by atomic mass is 9.95. The Balaban J connectivity index is 1.39. The number of nitrogen functional groups attached to an aromatic ring is 1. The minimum atomic E-state index is -4.68. The van der Waals surface area contributed by atoms with Gasteiger partial charge in [-0.05, 0) is 63.0 Å². The molecule has 17 nitrogen and oxygen atoms in total. The van der Waals surface area contributed by atoms with E-state index in [1.165, 1.54) is 48.6 Å².